The molecule has 2 N–H and O–H groups in total. The maximum Gasteiger partial charge on any atom is 0.416 e. The molecule has 0 unspecified atom stereocenters. The Morgan fingerprint density at radius 1 is 1.09 bits per heavy atom. The van der Waals surface area contributed by atoms with Gasteiger partial charge < -0.3 is 10.6 Å². The van der Waals surface area contributed by atoms with Gasteiger partial charge >= 0.3 is 6.18 Å². The van der Waals surface area contributed by atoms with E-state index in [2.05, 4.69) is 0 Å². The Balaban J connectivity index is 1.93. The zero-order valence-electron chi connectivity index (χ0n) is 12.3. The van der Waals surface area contributed by atoms with Gasteiger partial charge in [0, 0.05) is 5.69 Å². The number of anilines is 1. The van der Waals surface area contributed by atoms with Crippen LogP contribution < -0.4 is 10.6 Å². The topological polar surface area (TPSA) is 46.3 Å². The maximum absolute atomic E-state index is 12.7. The Labute approximate surface area is 131 Å². The fourth-order valence-corrected chi connectivity index (χ4v) is 2.80. The van der Waals surface area contributed by atoms with E-state index in [1.54, 1.807) is 6.07 Å². The molecule has 120 valence electrons. The second kappa shape index (κ2) is 5.38. The molecule has 2 atom stereocenters. The third kappa shape index (κ3) is 2.70. The highest BCUT2D eigenvalue weighted by Gasteiger charge is 2.46. The normalized spacial score (nSPS) is 21.3. The van der Waals surface area contributed by atoms with Crippen LogP contribution in [0.2, 0.25) is 0 Å². The summed E-state index contributed by atoms with van der Waals surface area (Å²) in [5.41, 5.74) is 7.43. The van der Waals surface area contributed by atoms with Crippen LogP contribution >= 0.6 is 0 Å². The molecule has 1 fully saturated rings. The molecule has 1 aliphatic rings. The van der Waals surface area contributed by atoms with E-state index in [9.17, 15) is 18.0 Å². The van der Waals surface area contributed by atoms with Crippen molar-refractivity contribution in [3.63, 3.8) is 0 Å². The summed E-state index contributed by atoms with van der Waals surface area (Å²) >= 11 is 0. The van der Waals surface area contributed by atoms with Gasteiger partial charge in [-0.15, -0.1) is 0 Å². The van der Waals surface area contributed by atoms with Crippen LogP contribution in [0.5, 0.6) is 0 Å². The Morgan fingerprint density at radius 2 is 1.74 bits per heavy atom. The van der Waals surface area contributed by atoms with Gasteiger partial charge in [-0.2, -0.15) is 13.2 Å². The van der Waals surface area contributed by atoms with E-state index >= 15 is 0 Å². The van der Waals surface area contributed by atoms with E-state index in [-0.39, 0.29) is 5.91 Å². The van der Waals surface area contributed by atoms with Gasteiger partial charge in [0.1, 0.15) is 6.04 Å². The summed E-state index contributed by atoms with van der Waals surface area (Å²) in [5.74, 6) is -0.236. The lowest BCUT2D eigenvalue weighted by Crippen LogP contribution is -2.63. The summed E-state index contributed by atoms with van der Waals surface area (Å²) in [6, 6.07) is 10.9. The minimum absolute atomic E-state index is 0.236. The molecule has 1 heterocycles. The van der Waals surface area contributed by atoms with Gasteiger partial charge in [0.25, 0.3) is 0 Å². The number of carbonyl (C=O) groups is 1. The number of hydrogen-bond donors (Lipinski definition) is 1. The van der Waals surface area contributed by atoms with Gasteiger partial charge in [-0.1, -0.05) is 24.3 Å². The molecule has 2 aromatic carbocycles. The average Bonchev–Trinajstić information content (AvgIpc) is 2.50. The lowest BCUT2D eigenvalue weighted by Gasteiger charge is -2.45. The zero-order valence-corrected chi connectivity index (χ0v) is 12.3. The second-order valence-corrected chi connectivity index (χ2v) is 5.64. The predicted molar refractivity (Wildman–Crippen MR) is 80.8 cm³/mol. The molecule has 0 radical (unpaired) electrons. The largest absolute Gasteiger partial charge is 0.416 e. The van der Waals surface area contributed by atoms with Crippen molar-refractivity contribution in [2.75, 3.05) is 4.90 Å². The van der Waals surface area contributed by atoms with Crippen molar-refractivity contribution in [1.29, 1.82) is 0 Å². The average molecular weight is 320 g/mol. The van der Waals surface area contributed by atoms with Gasteiger partial charge in [-0.05, 0) is 42.3 Å². The van der Waals surface area contributed by atoms with Crippen LogP contribution in [0.3, 0.4) is 0 Å². The van der Waals surface area contributed by atoms with E-state index in [4.69, 9.17) is 5.73 Å². The van der Waals surface area contributed by atoms with E-state index in [1.165, 1.54) is 17.0 Å². The summed E-state index contributed by atoms with van der Waals surface area (Å²) < 4.78 is 38.0. The Morgan fingerprint density at radius 3 is 2.30 bits per heavy atom. The molecule has 0 aliphatic carbocycles. The van der Waals surface area contributed by atoms with E-state index in [1.807, 2.05) is 25.1 Å². The highest BCUT2D eigenvalue weighted by molar-refractivity contribution is 6.05. The molecule has 3 nitrogen and oxygen atoms in total. The quantitative estimate of drug-likeness (QED) is 0.862. The van der Waals surface area contributed by atoms with Crippen molar-refractivity contribution in [1.82, 2.24) is 0 Å². The number of alkyl halides is 3. The van der Waals surface area contributed by atoms with Gasteiger partial charge in [-0.25, -0.2) is 0 Å². The second-order valence-electron chi connectivity index (χ2n) is 5.64. The molecule has 0 aromatic heterocycles. The molecule has 3 rings (SSSR count). The summed E-state index contributed by atoms with van der Waals surface area (Å²) in [5, 5.41) is 0. The van der Waals surface area contributed by atoms with Crippen LogP contribution in [0.25, 0.3) is 0 Å². The van der Waals surface area contributed by atoms with Crippen LogP contribution in [-0.2, 0) is 11.0 Å². The summed E-state index contributed by atoms with van der Waals surface area (Å²) in [6.45, 7) is 1.90. The van der Waals surface area contributed by atoms with Crippen molar-refractivity contribution in [2.24, 2.45) is 5.73 Å². The molecule has 1 amide bonds. The van der Waals surface area contributed by atoms with E-state index in [0.29, 0.717) is 11.3 Å². The molecular formula is C17H15F3N2O. The highest BCUT2D eigenvalue weighted by Crippen LogP contribution is 2.39. The molecule has 1 aliphatic heterocycles. The first-order valence-corrected chi connectivity index (χ1v) is 7.11. The third-order valence-corrected chi connectivity index (χ3v) is 4.00. The van der Waals surface area contributed by atoms with Crippen molar-refractivity contribution in [3.8, 4) is 0 Å². The van der Waals surface area contributed by atoms with Crippen LogP contribution in [0, 0.1) is 6.92 Å². The van der Waals surface area contributed by atoms with Crippen molar-refractivity contribution >= 4 is 11.6 Å². The predicted octanol–water partition coefficient (Wildman–Crippen LogP) is 3.43. The molecular weight excluding hydrogens is 305 g/mol. The number of carbonyl (C=O) groups excluding carboxylic acids is 1. The molecule has 2 aromatic rings. The summed E-state index contributed by atoms with van der Waals surface area (Å²) in [4.78, 5) is 13.6. The smallest absolute Gasteiger partial charge is 0.318 e. The van der Waals surface area contributed by atoms with Crippen molar-refractivity contribution < 1.29 is 18.0 Å². The molecule has 6 heteroatoms. The highest BCUT2D eigenvalue weighted by atomic mass is 19.4. The Bertz CT molecular complexity index is 740. The van der Waals surface area contributed by atoms with E-state index < -0.39 is 23.8 Å². The van der Waals surface area contributed by atoms with Gasteiger partial charge in [0.05, 0.1) is 11.6 Å². The number of hydrogen-bond acceptors (Lipinski definition) is 2. The van der Waals surface area contributed by atoms with Crippen LogP contribution in [-0.4, -0.2) is 11.9 Å². The minimum Gasteiger partial charge on any atom is -0.318 e. The van der Waals surface area contributed by atoms with Crippen LogP contribution in [0.4, 0.5) is 18.9 Å². The summed E-state index contributed by atoms with van der Waals surface area (Å²) in [6.07, 6.45) is -4.38. The lowest BCUT2D eigenvalue weighted by atomic mass is 9.88. The first kappa shape index (κ1) is 15.6. The standard InChI is InChI=1S/C17H15F3N2O/c1-10-3-2-4-13(9-10)22-15(14(21)16(22)23)11-5-7-12(8-6-11)17(18,19)20/h2-9,14-15H,21H2,1H3/t14-,15+/m0/s1. The van der Waals surface area contributed by atoms with Crippen molar-refractivity contribution in [2.45, 2.75) is 25.2 Å². The molecule has 0 bridgehead atoms. The Kier molecular flexibility index (Phi) is 3.64. The monoisotopic (exact) mass is 320 g/mol. The zero-order chi connectivity index (χ0) is 16.8. The fourth-order valence-electron chi connectivity index (χ4n) is 2.80. The van der Waals surface area contributed by atoms with Gasteiger partial charge in [0.2, 0.25) is 5.91 Å². The molecule has 23 heavy (non-hydrogen) atoms. The van der Waals surface area contributed by atoms with Gasteiger partial charge in [-0.3, -0.25) is 4.79 Å². The lowest BCUT2D eigenvalue weighted by molar-refractivity contribution is -0.137. The number of rotatable bonds is 2. The number of aryl methyl sites for hydroxylation is 1. The first-order chi connectivity index (χ1) is 10.8. The number of β-lactam (4-membered cyclic amide) rings is 1. The number of nitrogens with zero attached hydrogens (tertiary/aromatic N) is 1. The Hall–Kier alpha value is -2.34. The third-order valence-electron chi connectivity index (χ3n) is 4.00. The molecule has 0 saturated carbocycles. The minimum atomic E-state index is -4.38. The number of nitrogens with two attached hydrogens (primary N) is 1. The van der Waals surface area contributed by atoms with Crippen LogP contribution in [0.15, 0.2) is 48.5 Å². The molecule has 0 spiro atoms. The maximum atomic E-state index is 12.7. The van der Waals surface area contributed by atoms with E-state index in [0.717, 1.165) is 17.7 Å². The SMILES string of the molecule is Cc1cccc(N2C(=O)[C@@H](N)[C@H]2c2ccc(C(F)(F)F)cc2)c1. The van der Waals surface area contributed by atoms with Gasteiger partial charge in [0.15, 0.2) is 0 Å². The molecule has 1 saturated heterocycles. The first-order valence-electron chi connectivity index (χ1n) is 7.11. The number of halogens is 3. The van der Waals surface area contributed by atoms with Crippen LogP contribution in [0.1, 0.15) is 22.7 Å². The van der Waals surface area contributed by atoms with Crippen molar-refractivity contribution in [3.05, 3.63) is 65.2 Å². The summed E-state index contributed by atoms with van der Waals surface area (Å²) in [7, 11) is 0. The number of amides is 1. The fraction of sp³-hybridized carbons (Fsp3) is 0.235. The number of benzene rings is 2.